The number of rotatable bonds is 1. The first-order valence-electron chi connectivity index (χ1n) is 4.25. The molecule has 58 valence electrons. The van der Waals surface area contributed by atoms with Gasteiger partial charge in [-0.3, -0.25) is 4.98 Å². The van der Waals surface area contributed by atoms with Crippen LogP contribution in [0.25, 0.3) is 10.9 Å². The molecule has 2 aromatic rings. The average molecular weight is 155 g/mol. The number of nitrogens with zero attached hydrogens (tertiary/aromatic N) is 1. The number of fused-ring (bicyclic) bond motifs is 1. The Balaban J connectivity index is 2.67. The van der Waals surface area contributed by atoms with E-state index in [-0.39, 0.29) is 0 Å². The highest BCUT2D eigenvalue weighted by Gasteiger charge is 1.93. The van der Waals surface area contributed by atoms with Crippen LogP contribution in [0, 0.1) is 0 Å². The molecule has 2 rings (SSSR count). The van der Waals surface area contributed by atoms with Gasteiger partial charge in [-0.25, -0.2) is 0 Å². The molecule has 0 aliphatic heterocycles. The van der Waals surface area contributed by atoms with Gasteiger partial charge in [0.2, 0.25) is 0 Å². The molecular formula is C10H10BN. The Kier molecular flexibility index (Phi) is 1.82. The third kappa shape index (κ3) is 1.20. The van der Waals surface area contributed by atoms with Gasteiger partial charge >= 0.3 is 0 Å². The zero-order valence-electron chi connectivity index (χ0n) is 7.12. The molecule has 0 radical (unpaired) electrons. The second kappa shape index (κ2) is 2.98. The SMILES string of the molecule is BCc1ccc2ccccc2n1. The summed E-state index contributed by atoms with van der Waals surface area (Å²) in [6.45, 7) is 0. The van der Waals surface area contributed by atoms with Gasteiger partial charge in [0.25, 0.3) is 0 Å². The molecule has 0 N–H and O–H groups in total. The van der Waals surface area contributed by atoms with Crippen LogP contribution in [0.5, 0.6) is 0 Å². The van der Waals surface area contributed by atoms with Gasteiger partial charge in [0.05, 0.1) is 5.52 Å². The summed E-state index contributed by atoms with van der Waals surface area (Å²) in [6.07, 6.45) is 1.00. The van der Waals surface area contributed by atoms with E-state index < -0.39 is 0 Å². The molecule has 12 heavy (non-hydrogen) atoms. The molecule has 0 aliphatic rings. The molecule has 0 spiro atoms. The molecule has 0 unspecified atom stereocenters. The number of hydrogen-bond donors (Lipinski definition) is 0. The molecule has 0 saturated heterocycles. The number of pyridine rings is 1. The lowest BCUT2D eigenvalue weighted by Crippen LogP contribution is -1.88. The summed E-state index contributed by atoms with van der Waals surface area (Å²) in [5, 5.41) is 1.22. The van der Waals surface area contributed by atoms with Gasteiger partial charge in [0, 0.05) is 11.1 Å². The molecular weight excluding hydrogens is 145 g/mol. The summed E-state index contributed by atoms with van der Waals surface area (Å²) >= 11 is 0. The van der Waals surface area contributed by atoms with Crippen LogP contribution in [-0.4, -0.2) is 12.8 Å². The molecule has 1 nitrogen and oxygen atoms in total. The second-order valence-electron chi connectivity index (χ2n) is 2.85. The second-order valence-corrected chi connectivity index (χ2v) is 2.85. The summed E-state index contributed by atoms with van der Waals surface area (Å²) in [5.41, 5.74) is 2.26. The van der Waals surface area contributed by atoms with Gasteiger partial charge in [-0.2, -0.15) is 0 Å². The van der Waals surface area contributed by atoms with Gasteiger partial charge in [0.15, 0.2) is 0 Å². The van der Waals surface area contributed by atoms with Crippen LogP contribution in [0.3, 0.4) is 0 Å². The first kappa shape index (κ1) is 7.35. The van der Waals surface area contributed by atoms with Crippen LogP contribution in [0.4, 0.5) is 0 Å². The van der Waals surface area contributed by atoms with E-state index in [0.717, 1.165) is 17.5 Å². The van der Waals surface area contributed by atoms with Crippen molar-refractivity contribution in [1.29, 1.82) is 0 Å². The van der Waals surface area contributed by atoms with Gasteiger partial charge in [0.1, 0.15) is 7.85 Å². The Bertz CT molecular complexity index is 398. The van der Waals surface area contributed by atoms with Crippen LogP contribution in [0.15, 0.2) is 36.4 Å². The third-order valence-electron chi connectivity index (χ3n) is 2.02. The lowest BCUT2D eigenvalue weighted by atomic mass is 10.0. The van der Waals surface area contributed by atoms with Gasteiger partial charge in [-0.05, 0) is 18.5 Å². The van der Waals surface area contributed by atoms with Crippen LogP contribution in [0.1, 0.15) is 5.69 Å². The van der Waals surface area contributed by atoms with Crippen molar-refractivity contribution in [3.63, 3.8) is 0 Å². The standard InChI is InChI=1S/C10H10BN/c11-7-9-6-5-8-3-1-2-4-10(8)12-9/h1-6H,7,11H2. The molecule has 1 aromatic heterocycles. The largest absolute Gasteiger partial charge is 0.254 e. The van der Waals surface area contributed by atoms with E-state index in [1.165, 1.54) is 5.39 Å². The summed E-state index contributed by atoms with van der Waals surface area (Å²) in [4.78, 5) is 4.49. The number of benzene rings is 1. The maximum atomic E-state index is 4.49. The fourth-order valence-corrected chi connectivity index (χ4v) is 1.31. The van der Waals surface area contributed by atoms with E-state index in [9.17, 15) is 0 Å². The summed E-state index contributed by atoms with van der Waals surface area (Å²) in [7, 11) is 2.12. The van der Waals surface area contributed by atoms with Crippen molar-refractivity contribution in [2.24, 2.45) is 0 Å². The quantitative estimate of drug-likeness (QED) is 0.566. The third-order valence-corrected chi connectivity index (χ3v) is 2.02. The molecule has 0 atom stereocenters. The van der Waals surface area contributed by atoms with E-state index in [2.05, 4.69) is 37.1 Å². The molecule has 1 aromatic carbocycles. The zero-order valence-corrected chi connectivity index (χ0v) is 7.12. The van der Waals surface area contributed by atoms with E-state index in [1.807, 2.05) is 12.1 Å². The molecule has 0 bridgehead atoms. The van der Waals surface area contributed by atoms with Crippen molar-refractivity contribution in [3.8, 4) is 0 Å². The van der Waals surface area contributed by atoms with Gasteiger partial charge < -0.3 is 0 Å². The van der Waals surface area contributed by atoms with Crippen molar-refractivity contribution in [3.05, 3.63) is 42.1 Å². The predicted octanol–water partition coefficient (Wildman–Crippen LogP) is 1.37. The van der Waals surface area contributed by atoms with E-state index in [1.54, 1.807) is 0 Å². The lowest BCUT2D eigenvalue weighted by molar-refractivity contribution is 1.22. The van der Waals surface area contributed by atoms with Crippen LogP contribution in [-0.2, 0) is 6.32 Å². The average Bonchev–Trinajstić information content (AvgIpc) is 2.17. The minimum absolute atomic E-state index is 1.00. The zero-order chi connectivity index (χ0) is 8.39. The minimum atomic E-state index is 1.00. The molecule has 1 heterocycles. The van der Waals surface area contributed by atoms with Crippen molar-refractivity contribution >= 4 is 18.7 Å². The van der Waals surface area contributed by atoms with Gasteiger partial charge in [-0.15, -0.1) is 0 Å². The van der Waals surface area contributed by atoms with Crippen LogP contribution < -0.4 is 0 Å². The van der Waals surface area contributed by atoms with Crippen LogP contribution in [0.2, 0.25) is 0 Å². The fourth-order valence-electron chi connectivity index (χ4n) is 1.31. The normalized spacial score (nSPS) is 10.3. The van der Waals surface area contributed by atoms with Crippen LogP contribution >= 0.6 is 0 Å². The lowest BCUT2D eigenvalue weighted by Gasteiger charge is -1.98. The smallest absolute Gasteiger partial charge is 0.109 e. The molecule has 0 amide bonds. The summed E-state index contributed by atoms with van der Waals surface area (Å²) in [5.74, 6) is 0. The van der Waals surface area contributed by atoms with Gasteiger partial charge in [-0.1, -0.05) is 24.3 Å². The fraction of sp³-hybridized carbons (Fsp3) is 0.100. The Morgan fingerprint density at radius 1 is 1.08 bits per heavy atom. The molecule has 0 aliphatic carbocycles. The van der Waals surface area contributed by atoms with Crippen molar-refractivity contribution in [2.75, 3.05) is 0 Å². The Morgan fingerprint density at radius 3 is 2.75 bits per heavy atom. The maximum Gasteiger partial charge on any atom is 0.109 e. The highest BCUT2D eigenvalue weighted by molar-refractivity contribution is 6.08. The highest BCUT2D eigenvalue weighted by atomic mass is 14.7. The van der Waals surface area contributed by atoms with Crippen molar-refractivity contribution in [1.82, 2.24) is 4.98 Å². The first-order valence-corrected chi connectivity index (χ1v) is 4.25. The number of para-hydroxylation sites is 1. The highest BCUT2D eigenvalue weighted by Crippen LogP contribution is 2.11. The summed E-state index contributed by atoms with van der Waals surface area (Å²) < 4.78 is 0. The van der Waals surface area contributed by atoms with E-state index >= 15 is 0 Å². The van der Waals surface area contributed by atoms with E-state index in [0.29, 0.717) is 0 Å². The summed E-state index contributed by atoms with van der Waals surface area (Å²) in [6, 6.07) is 12.4. The molecule has 0 fully saturated rings. The molecule has 2 heteroatoms. The monoisotopic (exact) mass is 155 g/mol. The van der Waals surface area contributed by atoms with E-state index in [4.69, 9.17) is 0 Å². The Morgan fingerprint density at radius 2 is 1.92 bits per heavy atom. The van der Waals surface area contributed by atoms with Crippen molar-refractivity contribution in [2.45, 2.75) is 6.32 Å². The molecule has 0 saturated carbocycles. The number of hydrogen-bond acceptors (Lipinski definition) is 1. The van der Waals surface area contributed by atoms with Crippen molar-refractivity contribution < 1.29 is 0 Å². The first-order chi connectivity index (χ1) is 5.90. The number of aromatic nitrogens is 1. The topological polar surface area (TPSA) is 12.9 Å². The Hall–Kier alpha value is -1.31. The predicted molar refractivity (Wildman–Crippen MR) is 54.0 cm³/mol. The minimum Gasteiger partial charge on any atom is -0.254 e. The Labute approximate surface area is 72.8 Å². The maximum absolute atomic E-state index is 4.49.